The van der Waals surface area contributed by atoms with Gasteiger partial charge in [0.1, 0.15) is 0 Å². The molecule has 0 unspecified atom stereocenters. The number of aliphatic hydroxyl groups is 1. The van der Waals surface area contributed by atoms with Crippen LogP contribution in [-0.2, 0) is 21.6 Å². The maximum Gasteiger partial charge on any atom is 0.414 e. The van der Waals surface area contributed by atoms with Crippen molar-refractivity contribution in [1.82, 2.24) is 4.90 Å². The minimum atomic E-state index is -1.82. The number of nitrogens with zero attached hydrogens (tertiary/aromatic N) is 1. The summed E-state index contributed by atoms with van der Waals surface area (Å²) in [6, 6.07) is 17.0. The van der Waals surface area contributed by atoms with E-state index in [0.717, 1.165) is 48.7 Å². The van der Waals surface area contributed by atoms with Crippen molar-refractivity contribution >= 4 is 27.9 Å². The van der Waals surface area contributed by atoms with Crippen LogP contribution < -0.4 is 0 Å². The number of hydrogen-bond donors (Lipinski definition) is 3. The summed E-state index contributed by atoms with van der Waals surface area (Å²) >= 11 is 3.53. The Balaban J connectivity index is 0.000000501. The second kappa shape index (κ2) is 11.4. The highest BCUT2D eigenvalue weighted by Crippen LogP contribution is 2.47. The molecular weight excluding hydrogens is 462 g/mol. The number of hydrogen-bond acceptors (Lipinski definition) is 4. The Morgan fingerprint density at radius 3 is 2.26 bits per heavy atom. The lowest BCUT2D eigenvalue weighted by Gasteiger charge is -2.37. The summed E-state index contributed by atoms with van der Waals surface area (Å²) in [6.45, 7) is 0.998. The number of carboxylic acids is 2. The van der Waals surface area contributed by atoms with E-state index < -0.39 is 17.5 Å². The smallest absolute Gasteiger partial charge is 0.414 e. The lowest BCUT2D eigenvalue weighted by Crippen LogP contribution is -2.34. The molecule has 6 nitrogen and oxygen atoms in total. The number of carboxylic acid groups (broad SMARTS) is 2. The molecule has 0 aromatic heterocycles. The van der Waals surface area contributed by atoms with Crippen molar-refractivity contribution in [2.75, 3.05) is 20.6 Å². The highest BCUT2D eigenvalue weighted by Gasteiger charge is 2.41. The third-order valence-corrected chi connectivity index (χ3v) is 6.15. The second-order valence-corrected chi connectivity index (χ2v) is 9.01. The molecule has 7 heteroatoms. The van der Waals surface area contributed by atoms with Crippen LogP contribution in [0.5, 0.6) is 0 Å². The number of aliphatic carboxylic acids is 2. The standard InChI is InChI=1S/C22H28BrNO.C2H2O4/c1-24(2)16-6-15-22(25)20-9-4-3-7-17(20)8-5-10-21(22)18-11-13-19(23)14-12-18;3-1(4)2(5)6/h3-4,7,9,11-14,21,25H,5-6,8,10,15-16H2,1-2H3;(H,3,4)(H,5,6)/t21-,22-;/m0./s1. The lowest BCUT2D eigenvalue weighted by molar-refractivity contribution is -0.159. The van der Waals surface area contributed by atoms with Crippen molar-refractivity contribution in [1.29, 1.82) is 0 Å². The fourth-order valence-electron chi connectivity index (χ4n) is 4.19. The molecule has 0 aliphatic heterocycles. The van der Waals surface area contributed by atoms with E-state index in [1.807, 2.05) is 0 Å². The van der Waals surface area contributed by atoms with Crippen molar-refractivity contribution in [3.8, 4) is 0 Å². The van der Waals surface area contributed by atoms with Gasteiger partial charge < -0.3 is 20.2 Å². The molecule has 0 radical (unpaired) electrons. The van der Waals surface area contributed by atoms with E-state index >= 15 is 0 Å². The Morgan fingerprint density at radius 2 is 1.68 bits per heavy atom. The minimum absolute atomic E-state index is 0.145. The van der Waals surface area contributed by atoms with Gasteiger partial charge in [0.2, 0.25) is 0 Å². The van der Waals surface area contributed by atoms with Gasteiger partial charge in [-0.3, -0.25) is 0 Å². The predicted octanol–water partition coefficient (Wildman–Crippen LogP) is 4.25. The average Bonchev–Trinajstić information content (AvgIpc) is 2.86. The molecule has 2 aromatic rings. The first kappa shape index (κ1) is 25.0. The third kappa shape index (κ3) is 6.89. The van der Waals surface area contributed by atoms with Gasteiger partial charge in [-0.25, -0.2) is 9.59 Å². The number of carbonyl (C=O) groups is 2. The van der Waals surface area contributed by atoms with Gasteiger partial charge in [-0.05, 0) is 81.6 Å². The number of halogens is 1. The van der Waals surface area contributed by atoms with Crippen LogP contribution in [0.4, 0.5) is 0 Å². The van der Waals surface area contributed by atoms with Gasteiger partial charge in [-0.2, -0.15) is 0 Å². The average molecular weight is 492 g/mol. The zero-order valence-corrected chi connectivity index (χ0v) is 19.5. The van der Waals surface area contributed by atoms with Gasteiger partial charge in [0, 0.05) is 10.4 Å². The molecule has 0 bridgehead atoms. The summed E-state index contributed by atoms with van der Waals surface area (Å²) in [5.74, 6) is -3.50. The topological polar surface area (TPSA) is 98.1 Å². The van der Waals surface area contributed by atoms with E-state index in [-0.39, 0.29) is 5.92 Å². The largest absolute Gasteiger partial charge is 0.473 e. The Labute approximate surface area is 191 Å². The molecule has 3 N–H and O–H groups in total. The molecule has 1 aliphatic carbocycles. The summed E-state index contributed by atoms with van der Waals surface area (Å²) in [4.78, 5) is 20.4. The molecule has 2 atom stereocenters. The summed E-state index contributed by atoms with van der Waals surface area (Å²) in [7, 11) is 4.19. The van der Waals surface area contributed by atoms with E-state index in [9.17, 15) is 5.11 Å². The van der Waals surface area contributed by atoms with Crippen molar-refractivity contribution in [3.63, 3.8) is 0 Å². The molecule has 31 heavy (non-hydrogen) atoms. The maximum atomic E-state index is 12.0. The van der Waals surface area contributed by atoms with Crippen LogP contribution in [0, 0.1) is 0 Å². The van der Waals surface area contributed by atoms with Crippen LogP contribution in [0.15, 0.2) is 53.0 Å². The van der Waals surface area contributed by atoms with Crippen LogP contribution in [0.2, 0.25) is 0 Å². The molecule has 0 saturated heterocycles. The van der Waals surface area contributed by atoms with Gasteiger partial charge in [0.25, 0.3) is 0 Å². The first-order valence-electron chi connectivity index (χ1n) is 10.3. The van der Waals surface area contributed by atoms with E-state index in [1.54, 1.807) is 0 Å². The van der Waals surface area contributed by atoms with Gasteiger partial charge in [-0.1, -0.05) is 52.3 Å². The molecule has 1 aliphatic rings. The summed E-state index contributed by atoms with van der Waals surface area (Å²) < 4.78 is 1.08. The first-order chi connectivity index (χ1) is 14.6. The lowest BCUT2D eigenvalue weighted by atomic mass is 9.73. The predicted molar refractivity (Wildman–Crippen MR) is 123 cm³/mol. The molecule has 0 spiro atoms. The Bertz CT molecular complexity index is 872. The van der Waals surface area contributed by atoms with E-state index in [1.165, 1.54) is 11.1 Å². The summed E-state index contributed by atoms with van der Waals surface area (Å²) in [6.07, 6.45) is 4.98. The normalized spacial score (nSPS) is 20.2. The van der Waals surface area contributed by atoms with Gasteiger partial charge >= 0.3 is 11.9 Å². The van der Waals surface area contributed by atoms with Gasteiger partial charge in [0.05, 0.1) is 5.60 Å². The SMILES string of the molecule is CN(C)CCC[C@]1(O)c2ccccc2CCC[C@H]1c1ccc(Br)cc1.O=C(O)C(=O)O. The zero-order chi connectivity index (χ0) is 23.0. The number of benzene rings is 2. The van der Waals surface area contributed by atoms with E-state index in [4.69, 9.17) is 19.8 Å². The van der Waals surface area contributed by atoms with Crippen molar-refractivity contribution in [3.05, 3.63) is 69.7 Å². The number of fused-ring (bicyclic) bond motifs is 1. The Kier molecular flexibility index (Phi) is 9.22. The molecule has 3 rings (SSSR count). The number of rotatable bonds is 5. The molecule has 0 amide bonds. The molecule has 168 valence electrons. The quantitative estimate of drug-likeness (QED) is 0.427. The molecular formula is C24H30BrNO5. The third-order valence-electron chi connectivity index (χ3n) is 5.62. The molecule has 0 saturated carbocycles. The second-order valence-electron chi connectivity index (χ2n) is 8.09. The van der Waals surface area contributed by atoms with E-state index in [2.05, 4.69) is 83.5 Å². The molecule has 0 heterocycles. The van der Waals surface area contributed by atoms with Crippen LogP contribution in [0.25, 0.3) is 0 Å². The molecule has 2 aromatic carbocycles. The molecule has 0 fully saturated rings. The fraction of sp³-hybridized carbons (Fsp3) is 0.417. The van der Waals surface area contributed by atoms with Crippen LogP contribution in [0.3, 0.4) is 0 Å². The zero-order valence-electron chi connectivity index (χ0n) is 17.9. The monoisotopic (exact) mass is 491 g/mol. The minimum Gasteiger partial charge on any atom is -0.473 e. The van der Waals surface area contributed by atoms with Crippen LogP contribution >= 0.6 is 15.9 Å². The van der Waals surface area contributed by atoms with Gasteiger partial charge in [0.15, 0.2) is 0 Å². The van der Waals surface area contributed by atoms with Crippen LogP contribution in [-0.4, -0.2) is 52.8 Å². The highest BCUT2D eigenvalue weighted by molar-refractivity contribution is 9.10. The summed E-state index contributed by atoms with van der Waals surface area (Å²) in [5, 5.41) is 26.8. The van der Waals surface area contributed by atoms with Crippen molar-refractivity contribution in [2.45, 2.75) is 43.6 Å². The first-order valence-corrected chi connectivity index (χ1v) is 11.1. The fourth-order valence-corrected chi connectivity index (χ4v) is 4.46. The summed E-state index contributed by atoms with van der Waals surface area (Å²) in [5.41, 5.74) is 2.90. The number of aryl methyl sites for hydroxylation is 1. The van der Waals surface area contributed by atoms with Crippen LogP contribution in [0.1, 0.15) is 48.3 Å². The highest BCUT2D eigenvalue weighted by atomic mass is 79.9. The maximum absolute atomic E-state index is 12.0. The van der Waals surface area contributed by atoms with Crippen molar-refractivity contribution in [2.24, 2.45) is 0 Å². The Hall–Kier alpha value is -2.22. The Morgan fingerprint density at radius 1 is 1.06 bits per heavy atom. The van der Waals surface area contributed by atoms with Gasteiger partial charge in [-0.15, -0.1) is 0 Å². The van der Waals surface area contributed by atoms with Crippen molar-refractivity contribution < 1.29 is 24.9 Å². The van der Waals surface area contributed by atoms with E-state index in [0.29, 0.717) is 0 Å².